The highest BCUT2D eigenvalue weighted by molar-refractivity contribution is 6.31. The van der Waals surface area contributed by atoms with E-state index in [1.165, 1.54) is 4.57 Å². The molecule has 2 aromatic rings. The second-order valence-corrected chi connectivity index (χ2v) is 4.74. The smallest absolute Gasteiger partial charge is 0.263 e. The summed E-state index contributed by atoms with van der Waals surface area (Å²) in [7, 11) is 0. The number of nitrogens with one attached hydrogen (secondary N) is 1. The monoisotopic (exact) mass is 293 g/mol. The summed E-state index contributed by atoms with van der Waals surface area (Å²) >= 11 is 5.93. The van der Waals surface area contributed by atoms with Crippen LogP contribution < -0.4 is 10.9 Å². The first-order valence-electron chi connectivity index (χ1n) is 6.33. The third-order valence-corrected chi connectivity index (χ3v) is 3.08. The van der Waals surface area contributed by atoms with Gasteiger partial charge in [0.05, 0.1) is 10.9 Å². The number of hydrogen-bond donors (Lipinski definition) is 2. The molecule has 0 saturated carbocycles. The highest BCUT2D eigenvalue weighted by Gasteiger charge is 2.10. The Labute approximate surface area is 121 Å². The standard InChI is InChI=1S/C14H16ClN3O2/c1-2-7-18-13(20)11-5-4-10(15)9-12(11)17-14(18)16-6-3-8-19/h2,4-5,9,19H,1,3,6-8H2,(H,16,17). The van der Waals surface area contributed by atoms with Crippen molar-refractivity contribution in [3.63, 3.8) is 0 Å². The van der Waals surface area contributed by atoms with Gasteiger partial charge < -0.3 is 10.4 Å². The number of nitrogens with zero attached hydrogens (tertiary/aromatic N) is 2. The lowest BCUT2D eigenvalue weighted by Gasteiger charge is -2.13. The minimum Gasteiger partial charge on any atom is -0.396 e. The predicted octanol–water partition coefficient (Wildman–Crippen LogP) is 2.03. The highest BCUT2D eigenvalue weighted by atomic mass is 35.5. The summed E-state index contributed by atoms with van der Waals surface area (Å²) in [6, 6.07) is 5.00. The summed E-state index contributed by atoms with van der Waals surface area (Å²) in [5.41, 5.74) is 0.410. The molecule has 0 aliphatic carbocycles. The van der Waals surface area contributed by atoms with Crippen LogP contribution in [-0.4, -0.2) is 27.8 Å². The molecule has 0 aliphatic heterocycles. The topological polar surface area (TPSA) is 67.2 Å². The fraction of sp³-hybridized carbons (Fsp3) is 0.286. The number of aromatic nitrogens is 2. The van der Waals surface area contributed by atoms with Gasteiger partial charge in [-0.25, -0.2) is 4.98 Å². The number of anilines is 1. The van der Waals surface area contributed by atoms with E-state index in [1.807, 2.05) is 0 Å². The molecule has 6 heteroatoms. The van der Waals surface area contributed by atoms with Crippen molar-refractivity contribution in [3.8, 4) is 0 Å². The van der Waals surface area contributed by atoms with E-state index in [2.05, 4.69) is 16.9 Å². The molecule has 1 aromatic heterocycles. The van der Waals surface area contributed by atoms with Gasteiger partial charge in [0.2, 0.25) is 5.95 Å². The van der Waals surface area contributed by atoms with E-state index in [1.54, 1.807) is 24.3 Å². The number of aliphatic hydroxyl groups is 1. The van der Waals surface area contributed by atoms with Gasteiger partial charge >= 0.3 is 0 Å². The first kappa shape index (κ1) is 14.6. The number of aliphatic hydroxyl groups excluding tert-OH is 1. The zero-order chi connectivity index (χ0) is 14.5. The molecule has 106 valence electrons. The van der Waals surface area contributed by atoms with Gasteiger partial charge in [0.25, 0.3) is 5.56 Å². The van der Waals surface area contributed by atoms with Crippen LogP contribution in [0.25, 0.3) is 10.9 Å². The predicted molar refractivity (Wildman–Crippen MR) is 81.4 cm³/mol. The van der Waals surface area contributed by atoms with E-state index in [-0.39, 0.29) is 12.2 Å². The third kappa shape index (κ3) is 3.00. The van der Waals surface area contributed by atoms with Crippen LogP contribution in [0.4, 0.5) is 5.95 Å². The number of benzene rings is 1. The normalized spacial score (nSPS) is 10.7. The van der Waals surface area contributed by atoms with Crippen LogP contribution in [0.15, 0.2) is 35.6 Å². The molecule has 0 radical (unpaired) electrons. The van der Waals surface area contributed by atoms with Crippen LogP contribution >= 0.6 is 11.6 Å². The van der Waals surface area contributed by atoms with Gasteiger partial charge in [-0.15, -0.1) is 6.58 Å². The Balaban J connectivity index is 2.54. The number of rotatable bonds is 6. The molecule has 0 unspecified atom stereocenters. The van der Waals surface area contributed by atoms with Crippen LogP contribution in [0.3, 0.4) is 0 Å². The maximum Gasteiger partial charge on any atom is 0.263 e. The van der Waals surface area contributed by atoms with Crippen molar-refractivity contribution in [2.75, 3.05) is 18.5 Å². The molecule has 0 atom stereocenters. The molecule has 1 heterocycles. The van der Waals surface area contributed by atoms with Gasteiger partial charge in [-0.1, -0.05) is 17.7 Å². The van der Waals surface area contributed by atoms with Crippen molar-refractivity contribution in [2.24, 2.45) is 0 Å². The summed E-state index contributed by atoms with van der Waals surface area (Å²) in [4.78, 5) is 16.9. The number of allylic oxidation sites excluding steroid dienone is 1. The van der Waals surface area contributed by atoms with Crippen molar-refractivity contribution >= 4 is 28.5 Å². The average Bonchev–Trinajstić information content (AvgIpc) is 2.43. The first-order valence-corrected chi connectivity index (χ1v) is 6.71. The van der Waals surface area contributed by atoms with E-state index in [4.69, 9.17) is 16.7 Å². The lowest BCUT2D eigenvalue weighted by molar-refractivity contribution is 0.292. The van der Waals surface area contributed by atoms with Gasteiger partial charge in [0, 0.05) is 24.7 Å². The quantitative estimate of drug-likeness (QED) is 0.632. The highest BCUT2D eigenvalue weighted by Crippen LogP contribution is 2.17. The van der Waals surface area contributed by atoms with Gasteiger partial charge in [0.1, 0.15) is 0 Å². The lowest BCUT2D eigenvalue weighted by Crippen LogP contribution is -2.25. The molecule has 1 aromatic carbocycles. The second-order valence-electron chi connectivity index (χ2n) is 4.31. The second kappa shape index (κ2) is 6.54. The summed E-state index contributed by atoms with van der Waals surface area (Å²) in [6.07, 6.45) is 2.22. The maximum absolute atomic E-state index is 12.4. The number of halogens is 1. The SMILES string of the molecule is C=CCn1c(NCCCO)nc2cc(Cl)ccc2c1=O. The van der Waals surface area contributed by atoms with Crippen molar-refractivity contribution in [3.05, 3.63) is 46.2 Å². The summed E-state index contributed by atoms with van der Waals surface area (Å²) in [5, 5.41) is 12.9. The molecule has 0 fully saturated rings. The van der Waals surface area contributed by atoms with Crippen LogP contribution in [0, 0.1) is 0 Å². The van der Waals surface area contributed by atoms with Gasteiger partial charge in [0.15, 0.2) is 0 Å². The first-order chi connectivity index (χ1) is 9.67. The van der Waals surface area contributed by atoms with Crippen LogP contribution in [0.1, 0.15) is 6.42 Å². The van der Waals surface area contributed by atoms with Crippen LogP contribution in [0.5, 0.6) is 0 Å². The van der Waals surface area contributed by atoms with E-state index in [0.717, 1.165) is 0 Å². The van der Waals surface area contributed by atoms with Crippen molar-refractivity contribution in [1.82, 2.24) is 9.55 Å². The molecule has 0 aliphatic rings. The minimum absolute atomic E-state index is 0.0814. The Morgan fingerprint density at radius 3 is 3.00 bits per heavy atom. The Kier molecular flexibility index (Phi) is 4.76. The van der Waals surface area contributed by atoms with Gasteiger partial charge in [-0.2, -0.15) is 0 Å². The maximum atomic E-state index is 12.4. The van der Waals surface area contributed by atoms with Gasteiger partial charge in [-0.3, -0.25) is 9.36 Å². The molecule has 0 amide bonds. The molecule has 2 rings (SSSR count). The van der Waals surface area contributed by atoms with Crippen molar-refractivity contribution in [2.45, 2.75) is 13.0 Å². The zero-order valence-corrected chi connectivity index (χ0v) is 11.7. The van der Waals surface area contributed by atoms with Crippen LogP contribution in [0.2, 0.25) is 5.02 Å². The lowest BCUT2D eigenvalue weighted by atomic mass is 10.2. The summed E-state index contributed by atoms with van der Waals surface area (Å²) < 4.78 is 1.51. The van der Waals surface area contributed by atoms with E-state index in [0.29, 0.717) is 41.4 Å². The zero-order valence-electron chi connectivity index (χ0n) is 11.0. The van der Waals surface area contributed by atoms with Crippen LogP contribution in [-0.2, 0) is 6.54 Å². The number of fused-ring (bicyclic) bond motifs is 1. The van der Waals surface area contributed by atoms with E-state index < -0.39 is 0 Å². The largest absolute Gasteiger partial charge is 0.396 e. The Bertz CT molecular complexity index is 682. The van der Waals surface area contributed by atoms with Crippen molar-refractivity contribution in [1.29, 1.82) is 0 Å². The third-order valence-electron chi connectivity index (χ3n) is 2.85. The molecule has 0 bridgehead atoms. The number of hydrogen-bond acceptors (Lipinski definition) is 4. The molecule has 0 spiro atoms. The van der Waals surface area contributed by atoms with Gasteiger partial charge in [-0.05, 0) is 24.6 Å². The molecular weight excluding hydrogens is 278 g/mol. The molecule has 5 nitrogen and oxygen atoms in total. The Morgan fingerprint density at radius 2 is 2.30 bits per heavy atom. The Hall–Kier alpha value is -1.85. The summed E-state index contributed by atoms with van der Waals surface area (Å²) in [5.74, 6) is 0.457. The van der Waals surface area contributed by atoms with Crippen molar-refractivity contribution < 1.29 is 5.11 Å². The average molecular weight is 294 g/mol. The minimum atomic E-state index is -0.141. The fourth-order valence-corrected chi connectivity index (χ4v) is 2.07. The Morgan fingerprint density at radius 1 is 1.50 bits per heavy atom. The molecule has 2 N–H and O–H groups in total. The molecular formula is C14H16ClN3O2. The fourth-order valence-electron chi connectivity index (χ4n) is 1.91. The summed E-state index contributed by atoms with van der Waals surface area (Å²) in [6.45, 7) is 4.63. The molecule has 0 saturated heterocycles. The van der Waals surface area contributed by atoms with E-state index in [9.17, 15) is 4.79 Å². The molecule has 20 heavy (non-hydrogen) atoms. The van der Waals surface area contributed by atoms with E-state index >= 15 is 0 Å².